The normalized spacial score (nSPS) is 27.2. The van der Waals surface area contributed by atoms with Crippen LogP contribution in [0.5, 0.6) is 0 Å². The number of carbonyl (C=O) groups is 1. The average molecular weight is 380 g/mol. The van der Waals surface area contributed by atoms with Crippen molar-refractivity contribution in [3.8, 4) is 11.1 Å². The van der Waals surface area contributed by atoms with Crippen LogP contribution in [0.3, 0.4) is 0 Å². The number of ether oxygens (including phenoxy) is 1. The number of carbonyl (C=O) groups excluding carboxylic acids is 1. The van der Waals surface area contributed by atoms with E-state index in [-0.39, 0.29) is 23.6 Å². The molecule has 3 saturated heterocycles. The summed E-state index contributed by atoms with van der Waals surface area (Å²) in [5.41, 5.74) is 2.82. The van der Waals surface area contributed by atoms with Crippen LogP contribution in [0.15, 0.2) is 48.5 Å². The zero-order valence-electron chi connectivity index (χ0n) is 15.9. The highest BCUT2D eigenvalue weighted by Crippen LogP contribution is 2.46. The molecule has 1 atom stereocenters. The van der Waals surface area contributed by atoms with Gasteiger partial charge in [-0.3, -0.25) is 4.90 Å². The fourth-order valence-electron chi connectivity index (χ4n) is 4.64. The predicted molar refractivity (Wildman–Crippen MR) is 105 cm³/mol. The lowest BCUT2D eigenvalue weighted by Gasteiger charge is -2.44. The van der Waals surface area contributed by atoms with Gasteiger partial charge in [0, 0.05) is 6.54 Å². The Morgan fingerprint density at radius 3 is 2.14 bits per heavy atom. The van der Waals surface area contributed by atoms with Crippen molar-refractivity contribution < 1.29 is 13.9 Å². The second kappa shape index (κ2) is 6.89. The van der Waals surface area contributed by atoms with E-state index < -0.39 is 0 Å². The van der Waals surface area contributed by atoms with Crippen molar-refractivity contribution in [3.63, 3.8) is 0 Å². The largest absolute Gasteiger partial charge is 0.445 e. The Bertz CT molecular complexity index is 853. The first-order valence-electron chi connectivity index (χ1n) is 10.2. The fraction of sp³-hybridized carbons (Fsp3) is 0.435. The number of benzene rings is 2. The maximum absolute atomic E-state index is 13.1. The molecule has 1 saturated carbocycles. The maximum atomic E-state index is 13.1. The molecule has 3 heterocycles. The van der Waals surface area contributed by atoms with Gasteiger partial charge in [-0.05, 0) is 73.5 Å². The first-order chi connectivity index (χ1) is 13.6. The smallest absolute Gasteiger partial charge is 0.408 e. The van der Waals surface area contributed by atoms with Crippen molar-refractivity contribution in [2.24, 2.45) is 5.92 Å². The Labute approximate surface area is 164 Å². The summed E-state index contributed by atoms with van der Waals surface area (Å²) in [5, 5.41) is 3.13. The molecular weight excluding hydrogens is 355 g/mol. The summed E-state index contributed by atoms with van der Waals surface area (Å²) >= 11 is 0. The first kappa shape index (κ1) is 17.7. The van der Waals surface area contributed by atoms with Gasteiger partial charge in [-0.1, -0.05) is 36.4 Å². The third kappa shape index (κ3) is 3.39. The van der Waals surface area contributed by atoms with Crippen molar-refractivity contribution >= 4 is 6.09 Å². The number of hydrogen-bond acceptors (Lipinski definition) is 3. The van der Waals surface area contributed by atoms with E-state index in [4.69, 9.17) is 4.74 Å². The van der Waals surface area contributed by atoms with Gasteiger partial charge < -0.3 is 10.1 Å². The van der Waals surface area contributed by atoms with E-state index in [1.54, 1.807) is 12.1 Å². The second-order valence-electron chi connectivity index (χ2n) is 8.37. The van der Waals surface area contributed by atoms with Crippen LogP contribution >= 0.6 is 0 Å². The second-order valence-corrected chi connectivity index (χ2v) is 8.37. The molecule has 4 nitrogen and oxygen atoms in total. The Kier molecular flexibility index (Phi) is 4.35. The minimum absolute atomic E-state index is 0.0270. The van der Waals surface area contributed by atoms with Gasteiger partial charge in [-0.2, -0.15) is 0 Å². The molecule has 0 radical (unpaired) electrons. The minimum atomic E-state index is -0.299. The van der Waals surface area contributed by atoms with Crippen molar-refractivity contribution in [2.45, 2.75) is 37.3 Å². The number of alkyl carbamates (subject to hydrolysis) is 1. The molecule has 3 aliphatic heterocycles. The van der Waals surface area contributed by atoms with Crippen molar-refractivity contribution in [1.29, 1.82) is 0 Å². The van der Waals surface area contributed by atoms with Crippen LogP contribution in [-0.4, -0.2) is 36.7 Å². The van der Waals surface area contributed by atoms with Crippen molar-refractivity contribution in [2.75, 3.05) is 19.6 Å². The van der Waals surface area contributed by atoms with Gasteiger partial charge in [0.15, 0.2) is 0 Å². The molecule has 28 heavy (non-hydrogen) atoms. The third-order valence-corrected chi connectivity index (χ3v) is 6.56. The zero-order chi connectivity index (χ0) is 19.1. The summed E-state index contributed by atoms with van der Waals surface area (Å²) in [4.78, 5) is 14.9. The quantitative estimate of drug-likeness (QED) is 0.860. The molecule has 2 bridgehead atoms. The van der Waals surface area contributed by atoms with E-state index in [1.807, 2.05) is 12.1 Å². The van der Waals surface area contributed by atoms with E-state index in [9.17, 15) is 9.18 Å². The first-order valence-corrected chi connectivity index (χ1v) is 10.2. The zero-order valence-corrected chi connectivity index (χ0v) is 15.9. The van der Waals surface area contributed by atoms with Crippen LogP contribution in [0, 0.1) is 11.7 Å². The maximum Gasteiger partial charge on any atom is 0.408 e. The van der Waals surface area contributed by atoms with Crippen molar-refractivity contribution in [1.82, 2.24) is 10.2 Å². The highest BCUT2D eigenvalue weighted by Gasteiger charge is 2.47. The number of amides is 1. The molecule has 0 aromatic heterocycles. The van der Waals surface area contributed by atoms with E-state index in [0.717, 1.165) is 62.0 Å². The van der Waals surface area contributed by atoms with Gasteiger partial charge in [-0.15, -0.1) is 0 Å². The van der Waals surface area contributed by atoms with E-state index in [1.165, 1.54) is 12.1 Å². The molecule has 2 aromatic rings. The van der Waals surface area contributed by atoms with Crippen LogP contribution in [0.1, 0.15) is 31.2 Å². The van der Waals surface area contributed by atoms with E-state index in [0.29, 0.717) is 5.92 Å². The molecule has 1 N–H and O–H groups in total. The molecule has 4 aliphatic rings. The number of nitrogens with zero attached hydrogens (tertiary/aromatic N) is 1. The Morgan fingerprint density at radius 2 is 1.61 bits per heavy atom. The van der Waals surface area contributed by atoms with Crippen LogP contribution in [0.2, 0.25) is 0 Å². The third-order valence-electron chi connectivity index (χ3n) is 6.56. The molecule has 1 amide bonds. The van der Waals surface area contributed by atoms with Gasteiger partial charge in [0.2, 0.25) is 0 Å². The topological polar surface area (TPSA) is 41.6 Å². The lowest BCUT2D eigenvalue weighted by atomic mass is 9.86. The summed E-state index contributed by atoms with van der Waals surface area (Å²) in [6, 6.07) is 14.7. The number of halogens is 1. The number of fused-ring (bicyclic) bond motifs is 3. The Balaban J connectivity index is 1.24. The van der Waals surface area contributed by atoms with Gasteiger partial charge in [0.1, 0.15) is 11.9 Å². The number of hydrogen-bond donors (Lipinski definition) is 1. The molecule has 0 unspecified atom stereocenters. The monoisotopic (exact) mass is 380 g/mol. The Hall–Kier alpha value is -2.40. The number of rotatable bonds is 4. The van der Waals surface area contributed by atoms with Crippen LogP contribution < -0.4 is 5.32 Å². The molecule has 146 valence electrons. The molecule has 1 aliphatic carbocycles. The number of nitrogens with one attached hydrogen (secondary N) is 1. The Morgan fingerprint density at radius 1 is 1.00 bits per heavy atom. The molecule has 6 rings (SSSR count). The highest BCUT2D eigenvalue weighted by molar-refractivity contribution is 5.70. The average Bonchev–Trinajstić information content (AvgIpc) is 3.50. The van der Waals surface area contributed by atoms with Crippen LogP contribution in [0.25, 0.3) is 11.1 Å². The standard InChI is InChI=1S/C23H25FN2O2/c24-20-7-3-17(4-8-20)16-1-5-19(6-2-16)23(11-12-23)25-22(27)28-21-15-26-13-9-18(21)10-14-26/h1-8,18,21H,9-15H2,(H,25,27)/t21-/m0/s1. The molecule has 5 heteroatoms. The number of piperidine rings is 3. The van der Waals surface area contributed by atoms with E-state index >= 15 is 0 Å². The van der Waals surface area contributed by atoms with E-state index in [2.05, 4.69) is 22.3 Å². The molecular formula is C23H25FN2O2. The molecule has 2 aromatic carbocycles. The lowest BCUT2D eigenvalue weighted by Crippen LogP contribution is -2.53. The summed E-state index contributed by atoms with van der Waals surface area (Å²) in [6.45, 7) is 3.14. The predicted octanol–water partition coefficient (Wildman–Crippen LogP) is 4.30. The van der Waals surface area contributed by atoms with Gasteiger partial charge >= 0.3 is 6.09 Å². The van der Waals surface area contributed by atoms with Gasteiger partial charge in [0.05, 0.1) is 5.54 Å². The van der Waals surface area contributed by atoms with Gasteiger partial charge in [0.25, 0.3) is 0 Å². The molecule has 4 fully saturated rings. The summed E-state index contributed by atoms with van der Waals surface area (Å²) in [5.74, 6) is 0.281. The SMILES string of the molecule is O=C(NC1(c2ccc(-c3ccc(F)cc3)cc2)CC1)O[C@H]1CN2CCC1CC2. The van der Waals surface area contributed by atoms with Gasteiger partial charge in [-0.25, -0.2) is 9.18 Å². The summed E-state index contributed by atoms with van der Waals surface area (Å²) < 4.78 is 18.9. The lowest BCUT2D eigenvalue weighted by molar-refractivity contribution is -0.0342. The summed E-state index contributed by atoms with van der Waals surface area (Å²) in [7, 11) is 0. The highest BCUT2D eigenvalue weighted by atomic mass is 19.1. The molecule has 0 spiro atoms. The summed E-state index contributed by atoms with van der Waals surface area (Å²) in [6.07, 6.45) is 3.86. The minimum Gasteiger partial charge on any atom is -0.445 e. The van der Waals surface area contributed by atoms with Crippen LogP contribution in [-0.2, 0) is 10.3 Å². The van der Waals surface area contributed by atoms with Crippen molar-refractivity contribution in [3.05, 3.63) is 59.9 Å². The van der Waals surface area contributed by atoms with Crippen LogP contribution in [0.4, 0.5) is 9.18 Å². The fourth-order valence-corrected chi connectivity index (χ4v) is 4.64.